The van der Waals surface area contributed by atoms with Crippen LogP contribution in [0.25, 0.3) is 22.0 Å². The number of hydrogen-bond donors (Lipinski definition) is 2. The summed E-state index contributed by atoms with van der Waals surface area (Å²) in [5.74, 6) is 0.248. The number of amides is 1. The summed E-state index contributed by atoms with van der Waals surface area (Å²) in [5, 5.41) is 6.65. The van der Waals surface area contributed by atoms with E-state index in [1.54, 1.807) is 31.7 Å². The smallest absolute Gasteiger partial charge is 0.274 e. The van der Waals surface area contributed by atoms with Crippen LogP contribution < -0.4 is 10.6 Å². The molecule has 9 heteroatoms. The number of pyridine rings is 4. The van der Waals surface area contributed by atoms with E-state index >= 15 is 0 Å². The Labute approximate surface area is 194 Å². The average Bonchev–Trinajstić information content (AvgIpc) is 3.67. The van der Waals surface area contributed by atoms with E-state index in [1.165, 1.54) is 12.3 Å². The molecule has 7 nitrogen and oxygen atoms in total. The molecule has 0 spiro atoms. The maximum atomic E-state index is 13.5. The molecule has 4 aromatic heterocycles. The van der Waals surface area contributed by atoms with Crippen molar-refractivity contribution in [1.29, 1.82) is 0 Å². The first-order chi connectivity index (χ1) is 16.4. The van der Waals surface area contributed by atoms with Gasteiger partial charge in [-0.05, 0) is 49.6 Å². The van der Waals surface area contributed by atoms with Crippen LogP contribution >= 0.6 is 0 Å². The van der Waals surface area contributed by atoms with Crippen molar-refractivity contribution >= 4 is 28.3 Å². The molecule has 1 aliphatic rings. The predicted molar refractivity (Wildman–Crippen MR) is 126 cm³/mol. The highest BCUT2D eigenvalue weighted by atomic mass is 19.3. The fourth-order valence-electron chi connectivity index (χ4n) is 4.03. The third-order valence-corrected chi connectivity index (χ3v) is 6.25. The van der Waals surface area contributed by atoms with Gasteiger partial charge in [0.25, 0.3) is 5.91 Å². The summed E-state index contributed by atoms with van der Waals surface area (Å²) in [6.45, 7) is 1.87. The fourth-order valence-corrected chi connectivity index (χ4v) is 4.03. The molecule has 4 aromatic rings. The number of aromatic nitrogens is 4. The molecule has 34 heavy (non-hydrogen) atoms. The molecule has 5 rings (SSSR count). The van der Waals surface area contributed by atoms with Gasteiger partial charge in [-0.15, -0.1) is 0 Å². The average molecular weight is 460 g/mol. The third-order valence-electron chi connectivity index (χ3n) is 6.25. The fraction of sp³-hybridized carbons (Fsp3) is 0.240. The van der Waals surface area contributed by atoms with E-state index < -0.39 is 17.7 Å². The molecule has 0 saturated heterocycles. The molecule has 0 aromatic carbocycles. The van der Waals surface area contributed by atoms with Crippen molar-refractivity contribution in [3.8, 4) is 11.1 Å². The number of nitrogens with zero attached hydrogens (tertiary/aromatic N) is 4. The summed E-state index contributed by atoms with van der Waals surface area (Å²) in [7, 11) is 1.80. The zero-order chi connectivity index (χ0) is 23.9. The van der Waals surface area contributed by atoms with Gasteiger partial charge in [-0.3, -0.25) is 19.7 Å². The first-order valence-corrected chi connectivity index (χ1v) is 10.9. The van der Waals surface area contributed by atoms with Gasteiger partial charge in [-0.25, -0.2) is 13.8 Å². The van der Waals surface area contributed by atoms with E-state index in [9.17, 15) is 13.6 Å². The van der Waals surface area contributed by atoms with Gasteiger partial charge in [0.2, 0.25) is 6.43 Å². The number of aryl methyl sites for hydroxylation is 1. The monoisotopic (exact) mass is 460 g/mol. The van der Waals surface area contributed by atoms with Crippen LogP contribution in [0.1, 0.15) is 34.6 Å². The Balaban J connectivity index is 1.41. The van der Waals surface area contributed by atoms with Crippen LogP contribution in [0.4, 0.5) is 20.3 Å². The first-order valence-electron chi connectivity index (χ1n) is 10.9. The van der Waals surface area contributed by atoms with Crippen molar-refractivity contribution in [1.82, 2.24) is 19.9 Å². The minimum absolute atomic E-state index is 0.0883. The largest absolute Gasteiger partial charge is 0.373 e. The Morgan fingerprint density at radius 3 is 2.59 bits per heavy atom. The number of halogens is 2. The lowest BCUT2D eigenvalue weighted by Gasteiger charge is -2.15. The van der Waals surface area contributed by atoms with E-state index in [1.807, 2.05) is 25.1 Å². The second-order valence-corrected chi connectivity index (χ2v) is 8.43. The number of rotatable bonds is 6. The molecule has 0 unspecified atom stereocenters. The number of hydrogen-bond acceptors (Lipinski definition) is 6. The molecule has 1 amide bonds. The molecular weight excluding hydrogens is 438 g/mol. The molecule has 0 radical (unpaired) electrons. The summed E-state index contributed by atoms with van der Waals surface area (Å²) in [4.78, 5) is 30.2. The Morgan fingerprint density at radius 2 is 1.85 bits per heavy atom. The zero-order valence-corrected chi connectivity index (χ0v) is 18.6. The Bertz CT molecular complexity index is 1400. The number of carbonyl (C=O) groups excluding carboxylic acids is 1. The molecule has 1 fully saturated rings. The van der Waals surface area contributed by atoms with Crippen LogP contribution in [-0.2, 0) is 5.41 Å². The minimum atomic E-state index is -2.47. The molecule has 1 saturated carbocycles. The second kappa shape index (κ2) is 8.40. The van der Waals surface area contributed by atoms with Crippen molar-refractivity contribution in [2.75, 3.05) is 17.7 Å². The van der Waals surface area contributed by atoms with Crippen molar-refractivity contribution in [3.05, 3.63) is 72.1 Å². The molecule has 4 heterocycles. The molecule has 0 aliphatic heterocycles. The highest BCUT2D eigenvalue weighted by Crippen LogP contribution is 2.52. The Kier molecular flexibility index (Phi) is 5.39. The maximum Gasteiger partial charge on any atom is 0.274 e. The van der Waals surface area contributed by atoms with Crippen LogP contribution in [0.15, 0.2) is 55.1 Å². The molecule has 2 N–H and O–H groups in total. The highest BCUT2D eigenvalue weighted by molar-refractivity contribution is 6.03. The van der Waals surface area contributed by atoms with Gasteiger partial charge in [0.05, 0.1) is 22.8 Å². The van der Waals surface area contributed by atoms with E-state index in [4.69, 9.17) is 0 Å². The van der Waals surface area contributed by atoms with Gasteiger partial charge in [0.15, 0.2) is 0 Å². The highest BCUT2D eigenvalue weighted by Gasteiger charge is 2.52. The summed E-state index contributed by atoms with van der Waals surface area (Å²) in [6.07, 6.45) is 4.81. The van der Waals surface area contributed by atoms with E-state index in [0.29, 0.717) is 24.1 Å². The number of anilines is 2. The van der Waals surface area contributed by atoms with Crippen molar-refractivity contribution < 1.29 is 13.6 Å². The summed E-state index contributed by atoms with van der Waals surface area (Å²) >= 11 is 0. The summed E-state index contributed by atoms with van der Waals surface area (Å²) in [6, 6.07) is 8.65. The SMILES string of the molecule is CNc1cc2ncc(-c3cc(NC(=O)c4cc(C5(C(F)F)CC5)ccn4)cnc3C)cc2cn1. The van der Waals surface area contributed by atoms with Gasteiger partial charge in [-0.2, -0.15) is 0 Å². The predicted octanol–water partition coefficient (Wildman–Crippen LogP) is 4.99. The Hall–Kier alpha value is -4.01. The lowest BCUT2D eigenvalue weighted by atomic mass is 9.97. The zero-order valence-electron chi connectivity index (χ0n) is 18.6. The topological polar surface area (TPSA) is 92.7 Å². The van der Waals surface area contributed by atoms with Gasteiger partial charge in [0, 0.05) is 53.9 Å². The number of carbonyl (C=O) groups is 1. The molecule has 0 atom stereocenters. The minimum Gasteiger partial charge on any atom is -0.373 e. The van der Waals surface area contributed by atoms with E-state index in [-0.39, 0.29) is 5.69 Å². The van der Waals surface area contributed by atoms with Crippen molar-refractivity contribution in [3.63, 3.8) is 0 Å². The normalized spacial score (nSPS) is 14.3. The second-order valence-electron chi connectivity index (χ2n) is 8.43. The van der Waals surface area contributed by atoms with Crippen LogP contribution in [0.2, 0.25) is 0 Å². The molecule has 0 bridgehead atoms. The van der Waals surface area contributed by atoms with Crippen LogP contribution in [0.5, 0.6) is 0 Å². The van der Waals surface area contributed by atoms with Gasteiger partial charge >= 0.3 is 0 Å². The first kappa shape index (κ1) is 21.8. The van der Waals surface area contributed by atoms with Crippen LogP contribution in [-0.4, -0.2) is 39.3 Å². The standard InChI is InChI=1S/C25H22F2N6O/c1-14-19(15-7-16-12-32-22(28-2)10-20(16)31-11-15)9-18(13-30-14)33-23(34)21-8-17(3-6-29-21)25(4-5-25)24(26)27/h3,6-13,24H,4-5H2,1-2H3,(H,28,32)(H,33,34). The van der Waals surface area contributed by atoms with E-state index in [2.05, 4.69) is 30.6 Å². The van der Waals surface area contributed by atoms with Crippen LogP contribution in [0, 0.1) is 6.92 Å². The van der Waals surface area contributed by atoms with Gasteiger partial charge in [0.1, 0.15) is 11.5 Å². The van der Waals surface area contributed by atoms with Crippen LogP contribution in [0.3, 0.4) is 0 Å². The molecule has 1 aliphatic carbocycles. The third kappa shape index (κ3) is 3.93. The summed E-state index contributed by atoms with van der Waals surface area (Å²) in [5.41, 5.74) is 3.07. The lowest BCUT2D eigenvalue weighted by molar-refractivity contribution is 0.0996. The van der Waals surface area contributed by atoms with E-state index in [0.717, 1.165) is 33.5 Å². The maximum absolute atomic E-state index is 13.5. The molecule has 172 valence electrons. The lowest BCUT2D eigenvalue weighted by Crippen LogP contribution is -2.20. The number of nitrogens with one attached hydrogen (secondary N) is 2. The van der Waals surface area contributed by atoms with Crippen molar-refractivity contribution in [2.24, 2.45) is 0 Å². The van der Waals surface area contributed by atoms with Gasteiger partial charge in [-0.1, -0.05) is 0 Å². The van der Waals surface area contributed by atoms with Crippen molar-refractivity contribution in [2.45, 2.75) is 31.6 Å². The quantitative estimate of drug-likeness (QED) is 0.421. The Morgan fingerprint density at radius 1 is 1.03 bits per heavy atom. The van der Waals surface area contributed by atoms with Gasteiger partial charge < -0.3 is 10.6 Å². The number of fused-ring (bicyclic) bond motifs is 1. The molecular formula is C25H22F2N6O. The summed E-state index contributed by atoms with van der Waals surface area (Å²) < 4.78 is 27.0. The number of alkyl halides is 2.